The van der Waals surface area contributed by atoms with Gasteiger partial charge in [0.05, 0.1) is 35.4 Å². The fourth-order valence-electron chi connectivity index (χ4n) is 2.42. The van der Waals surface area contributed by atoms with Crippen molar-refractivity contribution in [3.05, 3.63) is 65.1 Å². The minimum atomic E-state index is -0.412. The zero-order valence-electron chi connectivity index (χ0n) is 13.3. The summed E-state index contributed by atoms with van der Waals surface area (Å²) < 4.78 is 6.91. The number of nitro groups is 1. The van der Waals surface area contributed by atoms with Crippen molar-refractivity contribution in [3.8, 4) is 22.7 Å². The number of imidazole rings is 1. The van der Waals surface area contributed by atoms with Crippen molar-refractivity contribution in [2.75, 3.05) is 19.5 Å². The van der Waals surface area contributed by atoms with Gasteiger partial charge in [-0.15, -0.1) is 0 Å². The van der Waals surface area contributed by atoms with Crippen LogP contribution < -0.4 is 10.1 Å². The van der Waals surface area contributed by atoms with Gasteiger partial charge in [0, 0.05) is 30.9 Å². The van der Waals surface area contributed by atoms with Gasteiger partial charge >= 0.3 is 0 Å². The van der Waals surface area contributed by atoms with Crippen LogP contribution in [0.3, 0.4) is 0 Å². The first-order valence-electron chi connectivity index (χ1n) is 7.27. The van der Waals surface area contributed by atoms with Crippen LogP contribution in [0.4, 0.5) is 11.4 Å². The van der Waals surface area contributed by atoms with Crippen molar-refractivity contribution in [1.82, 2.24) is 9.55 Å². The van der Waals surface area contributed by atoms with E-state index < -0.39 is 4.92 Å². The monoisotopic (exact) mass is 324 g/mol. The molecule has 0 atom stereocenters. The topological polar surface area (TPSA) is 82.2 Å². The average Bonchev–Trinajstić information content (AvgIpc) is 3.11. The van der Waals surface area contributed by atoms with Crippen LogP contribution >= 0.6 is 0 Å². The van der Waals surface area contributed by atoms with Crippen LogP contribution in [0, 0.1) is 10.1 Å². The maximum absolute atomic E-state index is 11.0. The highest BCUT2D eigenvalue weighted by molar-refractivity contribution is 5.66. The van der Waals surface area contributed by atoms with E-state index in [1.807, 2.05) is 30.5 Å². The summed E-state index contributed by atoms with van der Waals surface area (Å²) in [5.74, 6) is 0.773. The van der Waals surface area contributed by atoms with Gasteiger partial charge in [0.15, 0.2) is 0 Å². The largest absolute Gasteiger partial charge is 0.497 e. The van der Waals surface area contributed by atoms with E-state index in [2.05, 4.69) is 10.3 Å². The van der Waals surface area contributed by atoms with Gasteiger partial charge in [-0.1, -0.05) is 0 Å². The fraction of sp³-hybridized carbons (Fsp3) is 0.118. The maximum atomic E-state index is 11.0. The number of non-ortho nitro benzene ring substituents is 1. The number of methoxy groups -OCH3 is 1. The fourth-order valence-corrected chi connectivity index (χ4v) is 2.42. The second kappa shape index (κ2) is 6.41. The molecule has 7 nitrogen and oxygen atoms in total. The Morgan fingerprint density at radius 1 is 1.21 bits per heavy atom. The van der Waals surface area contributed by atoms with Crippen LogP contribution in [0.2, 0.25) is 0 Å². The van der Waals surface area contributed by atoms with Crippen LogP contribution in [-0.2, 0) is 0 Å². The molecule has 0 radical (unpaired) electrons. The third-order valence-corrected chi connectivity index (χ3v) is 3.71. The van der Waals surface area contributed by atoms with E-state index in [4.69, 9.17) is 4.74 Å². The van der Waals surface area contributed by atoms with Gasteiger partial charge in [0.2, 0.25) is 0 Å². The number of ether oxygens (including phenoxy) is 1. The van der Waals surface area contributed by atoms with Crippen LogP contribution in [-0.4, -0.2) is 28.6 Å². The van der Waals surface area contributed by atoms with Gasteiger partial charge in [-0.3, -0.25) is 10.1 Å². The number of hydrogen-bond acceptors (Lipinski definition) is 5. The quantitative estimate of drug-likeness (QED) is 0.574. The first kappa shape index (κ1) is 15.5. The summed E-state index contributed by atoms with van der Waals surface area (Å²) in [7, 11) is 3.39. The number of nitrogens with zero attached hydrogens (tertiary/aromatic N) is 3. The van der Waals surface area contributed by atoms with E-state index in [0.717, 1.165) is 22.7 Å². The lowest BCUT2D eigenvalue weighted by Gasteiger charge is -2.09. The Kier molecular flexibility index (Phi) is 4.15. The van der Waals surface area contributed by atoms with E-state index in [9.17, 15) is 10.1 Å². The molecule has 0 saturated carbocycles. The zero-order valence-corrected chi connectivity index (χ0v) is 13.3. The van der Waals surface area contributed by atoms with Gasteiger partial charge in [-0.05, 0) is 30.3 Å². The Balaban J connectivity index is 2.00. The zero-order chi connectivity index (χ0) is 17.1. The number of nitro benzene ring substituents is 1. The first-order valence-corrected chi connectivity index (χ1v) is 7.27. The summed E-state index contributed by atoms with van der Waals surface area (Å²) in [6.45, 7) is 0. The van der Waals surface area contributed by atoms with Crippen molar-refractivity contribution in [3.63, 3.8) is 0 Å². The van der Waals surface area contributed by atoms with E-state index in [0.29, 0.717) is 5.69 Å². The van der Waals surface area contributed by atoms with Crippen molar-refractivity contribution in [1.29, 1.82) is 0 Å². The maximum Gasteiger partial charge on any atom is 0.271 e. The molecule has 1 aromatic heterocycles. The number of benzene rings is 2. The lowest BCUT2D eigenvalue weighted by Crippen LogP contribution is -2.00. The predicted molar refractivity (Wildman–Crippen MR) is 91.8 cm³/mol. The number of anilines is 1. The smallest absolute Gasteiger partial charge is 0.271 e. The van der Waals surface area contributed by atoms with Crippen LogP contribution in [0.25, 0.3) is 16.9 Å². The molecule has 0 saturated heterocycles. The summed E-state index contributed by atoms with van der Waals surface area (Å²) in [5.41, 5.74) is 3.18. The van der Waals surface area contributed by atoms with Gasteiger partial charge in [0.25, 0.3) is 5.69 Å². The SMILES string of the molecule is CNc1ccc([N+](=O)[O-])cc1-n1cnc(-c2ccc(OC)cc2)c1. The summed E-state index contributed by atoms with van der Waals surface area (Å²) in [6, 6.07) is 12.2. The predicted octanol–water partition coefficient (Wildman–Crippen LogP) is 3.50. The molecule has 7 heteroatoms. The standard InChI is InChI=1S/C17H16N4O3/c1-18-15-8-5-13(21(22)23)9-17(15)20-10-16(19-11-20)12-3-6-14(24-2)7-4-12/h3-11,18H,1-2H3. The molecule has 0 amide bonds. The molecule has 0 aliphatic carbocycles. The van der Waals surface area contributed by atoms with Gasteiger partial charge in [-0.2, -0.15) is 0 Å². The normalized spacial score (nSPS) is 10.4. The molecule has 24 heavy (non-hydrogen) atoms. The number of nitrogens with one attached hydrogen (secondary N) is 1. The minimum absolute atomic E-state index is 0.0312. The molecule has 2 aromatic carbocycles. The van der Waals surface area contributed by atoms with E-state index in [1.165, 1.54) is 12.1 Å². The van der Waals surface area contributed by atoms with E-state index in [1.54, 1.807) is 31.1 Å². The molecule has 3 rings (SSSR count). The highest BCUT2D eigenvalue weighted by atomic mass is 16.6. The second-order valence-electron chi connectivity index (χ2n) is 5.10. The molecule has 122 valence electrons. The Labute approximate surface area is 138 Å². The van der Waals surface area contributed by atoms with Crippen molar-refractivity contribution in [2.24, 2.45) is 0 Å². The molecular formula is C17H16N4O3. The molecule has 0 aliphatic heterocycles. The van der Waals surface area contributed by atoms with Crippen LogP contribution in [0.15, 0.2) is 55.0 Å². The Hall–Kier alpha value is -3.35. The van der Waals surface area contributed by atoms with Crippen LogP contribution in [0.1, 0.15) is 0 Å². The molecule has 1 N–H and O–H groups in total. The molecule has 0 bridgehead atoms. The first-order chi connectivity index (χ1) is 11.6. The highest BCUT2D eigenvalue weighted by Crippen LogP contribution is 2.27. The summed E-state index contributed by atoms with van der Waals surface area (Å²) in [6.07, 6.45) is 3.47. The lowest BCUT2D eigenvalue weighted by molar-refractivity contribution is -0.384. The van der Waals surface area contributed by atoms with Crippen molar-refractivity contribution in [2.45, 2.75) is 0 Å². The number of rotatable bonds is 5. The van der Waals surface area contributed by atoms with E-state index >= 15 is 0 Å². The second-order valence-corrected chi connectivity index (χ2v) is 5.10. The molecule has 0 fully saturated rings. The molecule has 0 spiro atoms. The molecule has 0 unspecified atom stereocenters. The molecular weight excluding hydrogens is 308 g/mol. The van der Waals surface area contributed by atoms with Gasteiger partial charge in [0.1, 0.15) is 5.75 Å². The van der Waals surface area contributed by atoms with Gasteiger partial charge < -0.3 is 14.6 Å². The number of hydrogen-bond donors (Lipinski definition) is 1. The molecule has 0 aliphatic rings. The Morgan fingerprint density at radius 3 is 2.58 bits per heavy atom. The minimum Gasteiger partial charge on any atom is -0.497 e. The molecule has 3 aromatic rings. The summed E-state index contributed by atoms with van der Waals surface area (Å²) in [5, 5.41) is 14.1. The summed E-state index contributed by atoms with van der Waals surface area (Å²) in [4.78, 5) is 15.0. The third kappa shape index (κ3) is 2.91. The van der Waals surface area contributed by atoms with Crippen LogP contribution in [0.5, 0.6) is 5.75 Å². The highest BCUT2D eigenvalue weighted by Gasteiger charge is 2.13. The number of aromatic nitrogens is 2. The van der Waals surface area contributed by atoms with E-state index in [-0.39, 0.29) is 5.69 Å². The average molecular weight is 324 g/mol. The molecule has 1 heterocycles. The Bertz CT molecular complexity index is 872. The Morgan fingerprint density at radius 2 is 1.96 bits per heavy atom. The summed E-state index contributed by atoms with van der Waals surface area (Å²) >= 11 is 0. The van der Waals surface area contributed by atoms with Crippen molar-refractivity contribution < 1.29 is 9.66 Å². The third-order valence-electron chi connectivity index (χ3n) is 3.71. The van der Waals surface area contributed by atoms with Gasteiger partial charge in [-0.25, -0.2) is 4.98 Å². The lowest BCUT2D eigenvalue weighted by atomic mass is 10.1. The van der Waals surface area contributed by atoms with Crippen molar-refractivity contribution >= 4 is 11.4 Å².